The zero-order chi connectivity index (χ0) is 12.7. The summed E-state index contributed by atoms with van der Waals surface area (Å²) in [5.74, 6) is -0.106. The molecule has 0 amide bonds. The molecule has 0 bridgehead atoms. The highest BCUT2D eigenvalue weighted by atomic mass is 16.5. The summed E-state index contributed by atoms with van der Waals surface area (Å²) in [6.45, 7) is 0.193. The highest BCUT2D eigenvalue weighted by Crippen LogP contribution is 2.13. The van der Waals surface area contributed by atoms with Crippen LogP contribution in [0.3, 0.4) is 0 Å². The van der Waals surface area contributed by atoms with Crippen molar-refractivity contribution in [3.8, 4) is 0 Å². The maximum atomic E-state index is 11.5. The lowest BCUT2D eigenvalue weighted by molar-refractivity contribution is 0.0601. The minimum Gasteiger partial charge on any atom is -0.465 e. The molecule has 0 aliphatic rings. The number of carbonyl (C=O) groups excluding carboxylic acids is 1. The summed E-state index contributed by atoms with van der Waals surface area (Å²) in [5, 5.41) is 12.0. The van der Waals surface area contributed by atoms with Crippen molar-refractivity contribution >= 4 is 11.8 Å². The first kappa shape index (κ1) is 13.4. The largest absolute Gasteiger partial charge is 0.465 e. The predicted octanol–water partition coefficient (Wildman–Crippen LogP) is 0.287. The third kappa shape index (κ3) is 3.69. The molecule has 0 saturated carbocycles. The van der Waals surface area contributed by atoms with E-state index in [9.17, 15) is 4.79 Å². The van der Waals surface area contributed by atoms with Crippen LogP contribution in [-0.4, -0.2) is 49.5 Å². The van der Waals surface area contributed by atoms with Gasteiger partial charge in [0.15, 0.2) is 0 Å². The molecule has 1 aromatic heterocycles. The van der Waals surface area contributed by atoms with Gasteiger partial charge in [-0.3, -0.25) is 0 Å². The summed E-state index contributed by atoms with van der Waals surface area (Å²) in [6, 6.07) is 2.92. The Hall–Kier alpha value is -1.66. The van der Waals surface area contributed by atoms with Gasteiger partial charge in [-0.2, -0.15) is 0 Å². The lowest BCUT2D eigenvalue weighted by Crippen LogP contribution is -2.30. The van der Waals surface area contributed by atoms with Crippen molar-refractivity contribution in [2.45, 2.75) is 6.04 Å². The van der Waals surface area contributed by atoms with E-state index in [1.54, 1.807) is 18.3 Å². The Morgan fingerprint density at radius 2 is 2.35 bits per heavy atom. The van der Waals surface area contributed by atoms with Crippen molar-refractivity contribution in [2.75, 3.05) is 32.8 Å². The molecule has 1 aromatic rings. The van der Waals surface area contributed by atoms with Gasteiger partial charge in [0, 0.05) is 13.3 Å². The average molecular weight is 240 g/mol. The number of methoxy groups -OCH3 is 2. The number of nitrogens with zero attached hydrogens (tertiary/aromatic N) is 1. The van der Waals surface area contributed by atoms with E-state index in [-0.39, 0.29) is 12.6 Å². The van der Waals surface area contributed by atoms with Crippen LogP contribution in [0.2, 0.25) is 0 Å². The van der Waals surface area contributed by atoms with Crippen molar-refractivity contribution in [1.82, 2.24) is 4.98 Å². The van der Waals surface area contributed by atoms with Gasteiger partial charge in [-0.15, -0.1) is 0 Å². The number of ether oxygens (including phenoxy) is 2. The van der Waals surface area contributed by atoms with Crippen LogP contribution in [0.5, 0.6) is 0 Å². The Kier molecular flexibility index (Phi) is 5.38. The predicted molar refractivity (Wildman–Crippen MR) is 61.9 cm³/mol. The number of hydrogen-bond donors (Lipinski definition) is 2. The van der Waals surface area contributed by atoms with Crippen LogP contribution in [0.25, 0.3) is 0 Å². The number of hydrogen-bond acceptors (Lipinski definition) is 6. The highest BCUT2D eigenvalue weighted by Gasteiger charge is 2.15. The molecule has 1 heterocycles. The molecule has 2 N–H and O–H groups in total. The zero-order valence-corrected chi connectivity index (χ0v) is 9.84. The fraction of sp³-hybridized carbons (Fsp3) is 0.455. The molecule has 0 aromatic carbocycles. The molecule has 1 atom stereocenters. The maximum Gasteiger partial charge on any atom is 0.341 e. The minimum absolute atomic E-state index is 0.120. The minimum atomic E-state index is -0.477. The van der Waals surface area contributed by atoms with Gasteiger partial charge in [-0.05, 0) is 12.1 Å². The normalized spacial score (nSPS) is 11.9. The average Bonchev–Trinajstić information content (AvgIpc) is 2.38. The molecule has 0 spiro atoms. The first-order chi connectivity index (χ1) is 8.22. The van der Waals surface area contributed by atoms with Gasteiger partial charge in [-0.25, -0.2) is 9.78 Å². The first-order valence-electron chi connectivity index (χ1n) is 5.12. The number of pyridine rings is 1. The van der Waals surface area contributed by atoms with E-state index in [4.69, 9.17) is 9.84 Å². The van der Waals surface area contributed by atoms with E-state index >= 15 is 0 Å². The Morgan fingerprint density at radius 3 is 2.94 bits per heavy atom. The van der Waals surface area contributed by atoms with Gasteiger partial charge in [0.1, 0.15) is 11.4 Å². The molecule has 17 heavy (non-hydrogen) atoms. The molecule has 0 fully saturated rings. The second kappa shape index (κ2) is 6.82. The fourth-order valence-electron chi connectivity index (χ4n) is 1.33. The zero-order valence-electron chi connectivity index (χ0n) is 9.84. The number of esters is 1. The van der Waals surface area contributed by atoms with E-state index in [2.05, 4.69) is 15.0 Å². The third-order valence-corrected chi connectivity index (χ3v) is 2.14. The molecular formula is C11H16N2O4. The van der Waals surface area contributed by atoms with E-state index < -0.39 is 5.97 Å². The number of anilines is 1. The monoisotopic (exact) mass is 240 g/mol. The Labute approximate surface area is 99.6 Å². The molecule has 1 rings (SSSR count). The number of carbonyl (C=O) groups is 1. The molecular weight excluding hydrogens is 224 g/mol. The van der Waals surface area contributed by atoms with Crippen molar-refractivity contribution in [3.63, 3.8) is 0 Å². The van der Waals surface area contributed by atoms with Crippen LogP contribution in [-0.2, 0) is 9.47 Å². The topological polar surface area (TPSA) is 80.7 Å². The van der Waals surface area contributed by atoms with Crippen molar-refractivity contribution in [3.05, 3.63) is 23.9 Å². The second-order valence-electron chi connectivity index (χ2n) is 3.37. The van der Waals surface area contributed by atoms with Gasteiger partial charge in [0.05, 0.1) is 26.4 Å². The summed E-state index contributed by atoms with van der Waals surface area (Å²) >= 11 is 0. The highest BCUT2D eigenvalue weighted by molar-refractivity contribution is 5.94. The van der Waals surface area contributed by atoms with E-state index in [0.29, 0.717) is 18.0 Å². The van der Waals surface area contributed by atoms with Gasteiger partial charge in [-0.1, -0.05) is 0 Å². The van der Waals surface area contributed by atoms with Crippen molar-refractivity contribution in [2.24, 2.45) is 0 Å². The van der Waals surface area contributed by atoms with Crippen molar-refractivity contribution < 1.29 is 19.4 Å². The molecule has 0 aliphatic carbocycles. The van der Waals surface area contributed by atoms with Crippen molar-refractivity contribution in [1.29, 1.82) is 0 Å². The lowest BCUT2D eigenvalue weighted by Gasteiger charge is -2.17. The summed E-state index contributed by atoms with van der Waals surface area (Å²) in [4.78, 5) is 15.5. The maximum absolute atomic E-state index is 11.5. The lowest BCUT2D eigenvalue weighted by atomic mass is 10.2. The summed E-state index contributed by atoms with van der Waals surface area (Å²) in [7, 11) is 2.84. The molecule has 0 saturated heterocycles. The van der Waals surface area contributed by atoms with Crippen LogP contribution in [0.15, 0.2) is 18.3 Å². The van der Waals surface area contributed by atoms with Crippen LogP contribution in [0.4, 0.5) is 5.82 Å². The molecule has 94 valence electrons. The summed E-state index contributed by atoms with van der Waals surface area (Å²) in [5.41, 5.74) is 0.324. The molecule has 0 radical (unpaired) electrons. The number of aromatic nitrogens is 1. The standard InChI is InChI=1S/C11H16N2O4/c1-16-7-8(6-14)13-10-9(11(15)17-2)4-3-5-12-10/h3-5,8,14H,6-7H2,1-2H3,(H,12,13). The van der Waals surface area contributed by atoms with E-state index in [1.807, 2.05) is 0 Å². The fourth-order valence-corrected chi connectivity index (χ4v) is 1.33. The van der Waals surface area contributed by atoms with Crippen LogP contribution >= 0.6 is 0 Å². The van der Waals surface area contributed by atoms with Gasteiger partial charge in [0.2, 0.25) is 0 Å². The third-order valence-electron chi connectivity index (χ3n) is 2.14. The molecule has 6 nitrogen and oxygen atoms in total. The smallest absolute Gasteiger partial charge is 0.341 e. The van der Waals surface area contributed by atoms with Crippen LogP contribution in [0, 0.1) is 0 Å². The van der Waals surface area contributed by atoms with Gasteiger partial charge >= 0.3 is 5.97 Å². The molecule has 1 unspecified atom stereocenters. The summed E-state index contributed by atoms with van der Waals surface area (Å²) in [6.07, 6.45) is 1.55. The Balaban J connectivity index is 2.85. The van der Waals surface area contributed by atoms with E-state index in [1.165, 1.54) is 14.2 Å². The Morgan fingerprint density at radius 1 is 1.59 bits per heavy atom. The van der Waals surface area contributed by atoms with Gasteiger partial charge in [0.25, 0.3) is 0 Å². The first-order valence-corrected chi connectivity index (χ1v) is 5.12. The number of aliphatic hydroxyl groups is 1. The molecule has 0 aliphatic heterocycles. The van der Waals surface area contributed by atoms with E-state index in [0.717, 1.165) is 0 Å². The Bertz CT molecular complexity index is 370. The van der Waals surface area contributed by atoms with Crippen LogP contribution < -0.4 is 5.32 Å². The number of rotatable bonds is 6. The summed E-state index contributed by atoms with van der Waals surface area (Å²) < 4.78 is 9.57. The number of aliphatic hydroxyl groups excluding tert-OH is 1. The second-order valence-corrected chi connectivity index (χ2v) is 3.37. The molecule has 6 heteroatoms. The van der Waals surface area contributed by atoms with Crippen LogP contribution in [0.1, 0.15) is 10.4 Å². The van der Waals surface area contributed by atoms with Gasteiger partial charge < -0.3 is 19.9 Å². The SMILES string of the molecule is COCC(CO)Nc1ncccc1C(=O)OC. The quantitative estimate of drug-likeness (QED) is 0.695. The number of nitrogens with one attached hydrogen (secondary N) is 1.